The van der Waals surface area contributed by atoms with E-state index in [0.717, 1.165) is 0 Å². The van der Waals surface area contributed by atoms with E-state index in [0.29, 0.717) is 0 Å². The Hall–Kier alpha value is -2.15. The van der Waals surface area contributed by atoms with Crippen molar-refractivity contribution in [2.75, 3.05) is 0 Å². The van der Waals surface area contributed by atoms with Crippen LogP contribution in [0.2, 0.25) is 0 Å². The fourth-order valence-electron chi connectivity index (χ4n) is 3.65. The van der Waals surface area contributed by atoms with Gasteiger partial charge in [0.2, 0.25) is 11.2 Å². The lowest BCUT2D eigenvalue weighted by Crippen LogP contribution is -2.33. The first kappa shape index (κ1) is 16.7. The minimum Gasteiger partial charge on any atom is -0.194 e. The van der Waals surface area contributed by atoms with Gasteiger partial charge >= 0.3 is 0 Å². The van der Waals surface area contributed by atoms with Gasteiger partial charge in [0, 0.05) is 17.7 Å². The van der Waals surface area contributed by atoms with Crippen LogP contribution in [0.1, 0.15) is 43.0 Å². The summed E-state index contributed by atoms with van der Waals surface area (Å²) in [5.41, 5.74) is 9.48. The molecule has 24 heavy (non-hydrogen) atoms. The quantitative estimate of drug-likeness (QED) is 0.518. The van der Waals surface area contributed by atoms with Gasteiger partial charge in [0.25, 0.3) is 0 Å². The molecule has 2 aromatic carbocycles. The van der Waals surface area contributed by atoms with E-state index in [-0.39, 0.29) is 5.41 Å². The molecule has 3 rings (SSSR count). The summed E-state index contributed by atoms with van der Waals surface area (Å²) in [5.74, 6) is 0. The van der Waals surface area contributed by atoms with Crippen LogP contribution in [0.3, 0.4) is 0 Å². The van der Waals surface area contributed by atoms with E-state index in [1.54, 1.807) is 0 Å². The van der Waals surface area contributed by atoms with Gasteiger partial charge in [-0.15, -0.1) is 0 Å². The number of pyridine rings is 1. The Kier molecular flexibility index (Phi) is 3.99. The summed E-state index contributed by atoms with van der Waals surface area (Å²) in [6, 6.07) is 15.8. The van der Waals surface area contributed by atoms with Gasteiger partial charge in [-0.2, -0.15) is 4.57 Å². The Bertz CT molecular complexity index is 927. The van der Waals surface area contributed by atoms with Crippen molar-refractivity contribution >= 4 is 10.9 Å². The SMILES string of the molecule is Cc1cc(C)c(C)c(-c2ccc3c(C(C)(C)C)cccc3[n+]2C)c1. The molecule has 0 saturated carbocycles. The molecule has 0 aliphatic heterocycles. The molecule has 0 radical (unpaired) electrons. The predicted molar refractivity (Wildman–Crippen MR) is 103 cm³/mol. The van der Waals surface area contributed by atoms with Crippen LogP contribution in [0.15, 0.2) is 42.5 Å². The average molecular weight is 318 g/mol. The second kappa shape index (κ2) is 5.73. The van der Waals surface area contributed by atoms with Crippen LogP contribution in [-0.4, -0.2) is 0 Å². The highest BCUT2D eigenvalue weighted by Gasteiger charge is 2.22. The fourth-order valence-corrected chi connectivity index (χ4v) is 3.65. The number of fused-ring (bicyclic) bond motifs is 1. The van der Waals surface area contributed by atoms with Crippen molar-refractivity contribution in [2.24, 2.45) is 7.05 Å². The van der Waals surface area contributed by atoms with Crippen molar-refractivity contribution in [3.63, 3.8) is 0 Å². The Morgan fingerprint density at radius 1 is 0.875 bits per heavy atom. The molecule has 124 valence electrons. The third-order valence-electron chi connectivity index (χ3n) is 5.11. The highest BCUT2D eigenvalue weighted by atomic mass is 14.9. The number of hydrogen-bond acceptors (Lipinski definition) is 0. The molecule has 0 amide bonds. The average Bonchev–Trinajstić information content (AvgIpc) is 2.50. The van der Waals surface area contributed by atoms with E-state index in [2.05, 4.69) is 95.6 Å². The number of aromatic nitrogens is 1. The summed E-state index contributed by atoms with van der Waals surface area (Å²) in [6.07, 6.45) is 0. The van der Waals surface area contributed by atoms with Crippen LogP contribution in [0.25, 0.3) is 22.2 Å². The van der Waals surface area contributed by atoms with E-state index in [1.165, 1.54) is 44.4 Å². The van der Waals surface area contributed by atoms with Gasteiger partial charge in [0.1, 0.15) is 7.05 Å². The van der Waals surface area contributed by atoms with Crippen molar-refractivity contribution in [3.05, 3.63) is 64.7 Å². The predicted octanol–water partition coefficient (Wildman–Crippen LogP) is 5.55. The van der Waals surface area contributed by atoms with Crippen molar-refractivity contribution in [2.45, 2.75) is 47.0 Å². The van der Waals surface area contributed by atoms with Crippen molar-refractivity contribution in [3.8, 4) is 11.3 Å². The molecular weight excluding hydrogens is 290 g/mol. The van der Waals surface area contributed by atoms with E-state index in [1.807, 2.05) is 0 Å². The third-order valence-corrected chi connectivity index (χ3v) is 5.11. The maximum absolute atomic E-state index is 2.34. The maximum Gasteiger partial charge on any atom is 0.213 e. The molecule has 1 heteroatoms. The zero-order valence-electron chi connectivity index (χ0n) is 16.0. The minimum atomic E-state index is 0.143. The molecular formula is C23H28N+. The van der Waals surface area contributed by atoms with Crippen LogP contribution in [-0.2, 0) is 12.5 Å². The first-order chi connectivity index (χ1) is 11.2. The lowest BCUT2D eigenvalue weighted by atomic mass is 9.84. The number of benzene rings is 2. The smallest absolute Gasteiger partial charge is 0.194 e. The Morgan fingerprint density at radius 2 is 1.58 bits per heavy atom. The highest BCUT2D eigenvalue weighted by molar-refractivity contribution is 5.82. The van der Waals surface area contributed by atoms with Crippen LogP contribution in [0, 0.1) is 20.8 Å². The van der Waals surface area contributed by atoms with Crippen LogP contribution >= 0.6 is 0 Å². The zero-order chi connectivity index (χ0) is 17.6. The van der Waals surface area contributed by atoms with Gasteiger partial charge in [-0.25, -0.2) is 0 Å². The van der Waals surface area contributed by atoms with Gasteiger partial charge in [-0.1, -0.05) is 44.5 Å². The van der Waals surface area contributed by atoms with Crippen LogP contribution in [0.4, 0.5) is 0 Å². The monoisotopic (exact) mass is 318 g/mol. The molecule has 0 atom stereocenters. The van der Waals surface area contributed by atoms with E-state index in [9.17, 15) is 0 Å². The van der Waals surface area contributed by atoms with E-state index >= 15 is 0 Å². The summed E-state index contributed by atoms with van der Waals surface area (Å²) in [4.78, 5) is 0. The van der Waals surface area contributed by atoms with E-state index in [4.69, 9.17) is 0 Å². The normalized spacial score (nSPS) is 12.0. The molecule has 0 aliphatic carbocycles. The molecule has 0 spiro atoms. The summed E-state index contributed by atoms with van der Waals surface area (Å²) in [7, 11) is 2.18. The summed E-state index contributed by atoms with van der Waals surface area (Å²) in [5, 5.41) is 1.35. The third kappa shape index (κ3) is 2.73. The molecule has 1 nitrogen and oxygen atoms in total. The lowest BCUT2D eigenvalue weighted by molar-refractivity contribution is -0.633. The molecule has 1 heterocycles. The second-order valence-corrected chi connectivity index (χ2v) is 8.02. The molecule has 0 bridgehead atoms. The molecule has 0 fully saturated rings. The fraction of sp³-hybridized carbons (Fsp3) is 0.348. The zero-order valence-corrected chi connectivity index (χ0v) is 16.0. The van der Waals surface area contributed by atoms with Gasteiger partial charge in [0.05, 0.1) is 5.39 Å². The number of aryl methyl sites for hydroxylation is 3. The van der Waals surface area contributed by atoms with Crippen molar-refractivity contribution in [1.29, 1.82) is 0 Å². The maximum atomic E-state index is 2.34. The second-order valence-electron chi connectivity index (χ2n) is 8.02. The molecule has 0 N–H and O–H groups in total. The summed E-state index contributed by atoms with van der Waals surface area (Å²) >= 11 is 0. The topological polar surface area (TPSA) is 3.88 Å². The first-order valence-electron chi connectivity index (χ1n) is 8.70. The Labute approximate surface area is 146 Å². The summed E-state index contributed by atoms with van der Waals surface area (Å²) in [6.45, 7) is 13.4. The minimum absolute atomic E-state index is 0.143. The standard InChI is InChI=1S/C23H28N/c1-15-13-16(2)17(3)19(14-15)22-12-11-18-20(23(4,5)6)9-8-10-21(18)24(22)7/h8-14H,1-7H3/q+1. The molecule has 3 aromatic rings. The molecule has 0 aliphatic rings. The van der Waals surface area contributed by atoms with Gasteiger partial charge in [-0.05, 0) is 55.0 Å². The van der Waals surface area contributed by atoms with E-state index < -0.39 is 0 Å². The Morgan fingerprint density at radius 3 is 2.25 bits per heavy atom. The molecule has 0 saturated heterocycles. The highest BCUT2D eigenvalue weighted by Crippen LogP contribution is 2.31. The molecule has 0 unspecified atom stereocenters. The van der Waals surface area contributed by atoms with Crippen LogP contribution < -0.4 is 4.57 Å². The van der Waals surface area contributed by atoms with Gasteiger partial charge in [-0.3, -0.25) is 0 Å². The van der Waals surface area contributed by atoms with Crippen LogP contribution in [0.5, 0.6) is 0 Å². The van der Waals surface area contributed by atoms with Crippen molar-refractivity contribution in [1.82, 2.24) is 0 Å². The number of rotatable bonds is 1. The number of hydrogen-bond donors (Lipinski definition) is 0. The van der Waals surface area contributed by atoms with Crippen molar-refractivity contribution < 1.29 is 4.57 Å². The summed E-state index contributed by atoms with van der Waals surface area (Å²) < 4.78 is 2.34. The first-order valence-corrected chi connectivity index (χ1v) is 8.70. The lowest BCUT2D eigenvalue weighted by Gasteiger charge is -2.20. The molecule has 1 aromatic heterocycles. The largest absolute Gasteiger partial charge is 0.213 e. The number of nitrogens with zero attached hydrogens (tertiary/aromatic N) is 1. The Balaban J connectivity index is 2.32. The van der Waals surface area contributed by atoms with Gasteiger partial charge in [0.15, 0.2) is 0 Å². The van der Waals surface area contributed by atoms with Gasteiger partial charge < -0.3 is 0 Å².